The van der Waals surface area contributed by atoms with Crippen LogP contribution in [0.2, 0.25) is 10.0 Å². The van der Waals surface area contributed by atoms with Gasteiger partial charge in [-0.25, -0.2) is 0 Å². The molecular weight excluding hydrogens is 472 g/mol. The summed E-state index contributed by atoms with van der Waals surface area (Å²) in [6, 6.07) is 15.3. The Morgan fingerprint density at radius 1 is 1.03 bits per heavy atom. The predicted molar refractivity (Wildman–Crippen MR) is 136 cm³/mol. The number of benzene rings is 2. The van der Waals surface area contributed by atoms with Gasteiger partial charge >= 0.3 is 7.48 Å². The van der Waals surface area contributed by atoms with E-state index in [1.54, 1.807) is 21.3 Å². The largest absolute Gasteiger partial charge is 0.462 e. The smallest absolute Gasteiger partial charge is 0.331 e. The first-order chi connectivity index (χ1) is 16.0. The van der Waals surface area contributed by atoms with Crippen LogP contribution < -0.4 is 10.2 Å². The second-order valence-corrected chi connectivity index (χ2v) is 10.5. The highest BCUT2D eigenvalue weighted by atomic mass is 35.5. The molecule has 175 valence electrons. The van der Waals surface area contributed by atoms with Gasteiger partial charge in [0.2, 0.25) is 6.23 Å². The molecule has 5 nitrogen and oxygen atoms in total. The zero-order valence-electron chi connectivity index (χ0n) is 19.6. The van der Waals surface area contributed by atoms with E-state index in [1.165, 1.54) is 0 Å². The summed E-state index contributed by atoms with van der Waals surface area (Å²) < 4.78 is 20.5. The third-order valence-corrected chi connectivity index (χ3v) is 7.22. The summed E-state index contributed by atoms with van der Waals surface area (Å²) >= 11 is 13.2. The van der Waals surface area contributed by atoms with Gasteiger partial charge in [-0.2, -0.15) is 0 Å². The monoisotopic (exact) mass is 496 g/mol. The summed E-state index contributed by atoms with van der Waals surface area (Å²) in [7, 11) is 1.64. The number of halogens is 2. The van der Waals surface area contributed by atoms with Crippen LogP contribution in [0.1, 0.15) is 45.4 Å². The van der Waals surface area contributed by atoms with Crippen LogP contribution in [0, 0.1) is 6.92 Å². The fourth-order valence-corrected chi connectivity index (χ4v) is 4.47. The molecular formula is C26H25BCl2NO4. The van der Waals surface area contributed by atoms with Crippen molar-refractivity contribution in [3.05, 3.63) is 70.1 Å². The van der Waals surface area contributed by atoms with Gasteiger partial charge in [0.15, 0.2) is 5.76 Å². The number of hydrogen-bond acceptors (Lipinski definition) is 4. The molecule has 0 aliphatic carbocycles. The molecule has 2 aromatic heterocycles. The van der Waals surface area contributed by atoms with E-state index in [1.807, 2.05) is 73.9 Å². The molecule has 0 saturated carbocycles. The van der Waals surface area contributed by atoms with Crippen molar-refractivity contribution in [2.45, 2.75) is 52.0 Å². The Kier molecular flexibility index (Phi) is 5.56. The van der Waals surface area contributed by atoms with Crippen LogP contribution in [0.25, 0.3) is 22.2 Å². The van der Waals surface area contributed by atoms with Crippen molar-refractivity contribution in [3.63, 3.8) is 0 Å². The van der Waals surface area contributed by atoms with Gasteiger partial charge in [0.05, 0.1) is 27.4 Å². The standard InChI is InChI=1S/C26H25BCl2NO4/c1-14-6-11-20(32-14)24-30-19-10-8-16(28)13-18(19)22(29)23(30)17-9-7-15(12-21(17)33-24)27-34-26(4,5)25(2,3)31/h6-13,24,31H,1-5H3. The first-order valence-electron chi connectivity index (χ1n) is 11.1. The summed E-state index contributed by atoms with van der Waals surface area (Å²) in [6.45, 7) is 9.03. The number of fused-ring (bicyclic) bond motifs is 5. The van der Waals surface area contributed by atoms with Crippen LogP contribution in [0.5, 0.6) is 5.75 Å². The summed E-state index contributed by atoms with van der Waals surface area (Å²) in [5.74, 6) is 2.11. The van der Waals surface area contributed by atoms with Crippen molar-refractivity contribution in [1.82, 2.24) is 4.57 Å². The van der Waals surface area contributed by atoms with Crippen molar-refractivity contribution < 1.29 is 18.9 Å². The molecule has 0 saturated heterocycles. The highest BCUT2D eigenvalue weighted by molar-refractivity contribution is 6.47. The van der Waals surface area contributed by atoms with E-state index in [9.17, 15) is 5.11 Å². The third-order valence-electron chi connectivity index (χ3n) is 6.60. The third kappa shape index (κ3) is 3.83. The lowest BCUT2D eigenvalue weighted by molar-refractivity contribution is -0.0893. The minimum Gasteiger partial charge on any atom is -0.462 e. The van der Waals surface area contributed by atoms with Gasteiger partial charge in [0.25, 0.3) is 0 Å². The predicted octanol–water partition coefficient (Wildman–Crippen LogP) is 6.27. The molecule has 4 aromatic rings. The molecule has 3 heterocycles. The average Bonchev–Trinajstić information content (AvgIpc) is 3.32. The van der Waals surface area contributed by atoms with E-state index in [2.05, 4.69) is 0 Å². The summed E-state index contributed by atoms with van der Waals surface area (Å²) in [5, 5.41) is 12.5. The van der Waals surface area contributed by atoms with Crippen molar-refractivity contribution in [2.75, 3.05) is 0 Å². The first kappa shape index (κ1) is 23.4. The van der Waals surface area contributed by atoms with Crippen molar-refractivity contribution in [1.29, 1.82) is 0 Å². The van der Waals surface area contributed by atoms with Crippen LogP contribution in [0.15, 0.2) is 52.9 Å². The highest BCUT2D eigenvalue weighted by Crippen LogP contribution is 2.48. The minimum absolute atomic E-state index is 0.545. The minimum atomic E-state index is -1.02. The number of rotatable bonds is 5. The molecule has 5 rings (SSSR count). The summed E-state index contributed by atoms with van der Waals surface area (Å²) in [5.41, 5.74) is 1.59. The molecule has 1 aliphatic rings. The molecule has 0 bridgehead atoms. The van der Waals surface area contributed by atoms with Crippen molar-refractivity contribution >= 4 is 47.0 Å². The lowest BCUT2D eigenvalue weighted by Gasteiger charge is -2.37. The molecule has 1 radical (unpaired) electrons. The quantitative estimate of drug-likeness (QED) is 0.331. The molecule has 0 spiro atoms. The average molecular weight is 497 g/mol. The second kappa shape index (κ2) is 8.09. The molecule has 1 N–H and O–H groups in total. The van der Waals surface area contributed by atoms with Crippen LogP contribution in [-0.2, 0) is 4.65 Å². The Balaban J connectivity index is 1.62. The van der Waals surface area contributed by atoms with E-state index in [0.29, 0.717) is 21.6 Å². The SMILES string of the molecule is Cc1ccc(C2Oc3cc([B]OC(C)(C)C(C)(C)O)ccc3-c3c(Cl)c4cc(Cl)ccc4n32)o1. The van der Waals surface area contributed by atoms with Crippen LogP contribution in [-0.4, -0.2) is 28.4 Å². The maximum atomic E-state index is 10.4. The molecule has 2 aromatic carbocycles. The van der Waals surface area contributed by atoms with E-state index in [-0.39, 0.29) is 0 Å². The Morgan fingerprint density at radius 2 is 1.79 bits per heavy atom. The topological polar surface area (TPSA) is 56.8 Å². The van der Waals surface area contributed by atoms with E-state index in [0.717, 1.165) is 33.4 Å². The summed E-state index contributed by atoms with van der Waals surface area (Å²) in [4.78, 5) is 0. The van der Waals surface area contributed by atoms with E-state index < -0.39 is 17.4 Å². The number of aryl methyl sites for hydroxylation is 1. The van der Waals surface area contributed by atoms with Crippen LogP contribution in [0.4, 0.5) is 0 Å². The van der Waals surface area contributed by atoms with E-state index >= 15 is 0 Å². The van der Waals surface area contributed by atoms with Gasteiger partial charge < -0.3 is 18.9 Å². The van der Waals surface area contributed by atoms with Gasteiger partial charge in [-0.3, -0.25) is 4.57 Å². The fourth-order valence-electron chi connectivity index (χ4n) is 3.95. The Hall–Kier alpha value is -2.38. The maximum Gasteiger partial charge on any atom is 0.331 e. The molecule has 34 heavy (non-hydrogen) atoms. The van der Waals surface area contributed by atoms with Gasteiger partial charge in [0, 0.05) is 16.0 Å². The zero-order valence-corrected chi connectivity index (χ0v) is 21.2. The zero-order chi connectivity index (χ0) is 24.4. The Bertz CT molecular complexity index is 1400. The Morgan fingerprint density at radius 3 is 2.47 bits per heavy atom. The van der Waals surface area contributed by atoms with Gasteiger partial charge in [-0.1, -0.05) is 29.3 Å². The fraction of sp³-hybridized carbons (Fsp3) is 0.308. The normalized spacial score (nSPS) is 15.7. The number of nitrogens with zero attached hydrogens (tertiary/aromatic N) is 1. The number of hydrogen-bond donors (Lipinski definition) is 1. The molecule has 0 fully saturated rings. The van der Waals surface area contributed by atoms with Crippen molar-refractivity contribution in [3.8, 4) is 17.0 Å². The lowest BCUT2D eigenvalue weighted by atomic mass is 9.82. The van der Waals surface area contributed by atoms with Crippen LogP contribution in [0.3, 0.4) is 0 Å². The Labute approximate surface area is 209 Å². The van der Waals surface area contributed by atoms with Crippen LogP contribution >= 0.6 is 23.2 Å². The highest BCUT2D eigenvalue weighted by Gasteiger charge is 2.37. The number of aliphatic hydroxyl groups is 1. The first-order valence-corrected chi connectivity index (χ1v) is 11.8. The molecule has 1 aliphatic heterocycles. The molecule has 0 amide bonds. The van der Waals surface area contributed by atoms with Gasteiger partial charge in [-0.05, 0) is 82.5 Å². The number of furan rings is 1. The van der Waals surface area contributed by atoms with Gasteiger partial charge in [-0.15, -0.1) is 0 Å². The second-order valence-electron chi connectivity index (χ2n) is 9.67. The molecule has 1 atom stereocenters. The van der Waals surface area contributed by atoms with Crippen molar-refractivity contribution in [2.24, 2.45) is 0 Å². The maximum absolute atomic E-state index is 10.4. The number of ether oxygens (including phenoxy) is 1. The molecule has 8 heteroatoms. The van der Waals surface area contributed by atoms with E-state index in [4.69, 9.17) is 37.0 Å². The lowest BCUT2D eigenvalue weighted by Crippen LogP contribution is -2.49. The molecule has 1 unspecified atom stereocenters. The number of aromatic nitrogens is 1. The van der Waals surface area contributed by atoms with Gasteiger partial charge in [0.1, 0.15) is 11.5 Å². The summed E-state index contributed by atoms with van der Waals surface area (Å²) in [6.07, 6.45) is -0.545.